The van der Waals surface area contributed by atoms with Crippen molar-refractivity contribution in [3.05, 3.63) is 37.2 Å². The molecule has 0 N–H and O–H groups in total. The maximum absolute atomic E-state index is 3.65. The fraction of sp³-hybridized carbons (Fsp3) is 0.250. The molecule has 9 heavy (non-hydrogen) atoms. The molecule has 0 bridgehead atoms. The lowest BCUT2D eigenvalue weighted by Gasteiger charge is -1.95. The minimum atomic E-state index is 1.05. The monoisotopic (exact) mass is 121 g/mol. The molecule has 1 heterocycles. The SMILES string of the molecule is C=CCCn1cccc1. The summed E-state index contributed by atoms with van der Waals surface area (Å²) in [5.74, 6) is 0. The molecule has 0 aliphatic carbocycles. The van der Waals surface area contributed by atoms with E-state index in [1.807, 2.05) is 18.2 Å². The van der Waals surface area contributed by atoms with Crippen molar-refractivity contribution in [1.82, 2.24) is 4.57 Å². The number of hydrogen-bond donors (Lipinski definition) is 0. The van der Waals surface area contributed by atoms with Gasteiger partial charge in [-0.3, -0.25) is 0 Å². The third kappa shape index (κ3) is 1.76. The Bertz CT molecular complexity index is 163. The van der Waals surface area contributed by atoms with Gasteiger partial charge in [0.05, 0.1) is 0 Å². The van der Waals surface area contributed by atoms with Crippen LogP contribution in [-0.4, -0.2) is 4.57 Å². The van der Waals surface area contributed by atoms with Gasteiger partial charge in [0.25, 0.3) is 0 Å². The number of nitrogens with zero attached hydrogens (tertiary/aromatic N) is 1. The Labute approximate surface area is 55.6 Å². The second-order valence-corrected chi connectivity index (χ2v) is 2.00. The van der Waals surface area contributed by atoms with Crippen LogP contribution in [0.15, 0.2) is 37.2 Å². The zero-order chi connectivity index (χ0) is 6.53. The van der Waals surface area contributed by atoms with Gasteiger partial charge in [-0.2, -0.15) is 0 Å². The highest BCUT2D eigenvalue weighted by atomic mass is 14.9. The summed E-state index contributed by atoms with van der Waals surface area (Å²) < 4.78 is 2.14. The molecule has 1 aromatic rings. The Morgan fingerprint density at radius 1 is 1.33 bits per heavy atom. The van der Waals surface area contributed by atoms with Crippen LogP contribution in [0.1, 0.15) is 6.42 Å². The molecule has 0 aliphatic rings. The molecular formula is C8H11N. The van der Waals surface area contributed by atoms with Crippen LogP contribution in [0.2, 0.25) is 0 Å². The molecule has 1 rings (SSSR count). The normalized spacial score (nSPS) is 9.33. The lowest BCUT2D eigenvalue weighted by molar-refractivity contribution is 0.716. The van der Waals surface area contributed by atoms with Crippen molar-refractivity contribution in [2.24, 2.45) is 0 Å². The van der Waals surface area contributed by atoms with E-state index in [-0.39, 0.29) is 0 Å². The van der Waals surface area contributed by atoms with Crippen molar-refractivity contribution < 1.29 is 0 Å². The maximum atomic E-state index is 3.65. The van der Waals surface area contributed by atoms with E-state index in [2.05, 4.69) is 23.5 Å². The molecule has 48 valence electrons. The molecule has 0 aliphatic heterocycles. The average molecular weight is 121 g/mol. The van der Waals surface area contributed by atoms with Crippen molar-refractivity contribution in [1.29, 1.82) is 0 Å². The maximum Gasteiger partial charge on any atom is 0.0254 e. The first-order chi connectivity index (χ1) is 4.43. The van der Waals surface area contributed by atoms with E-state index in [9.17, 15) is 0 Å². The smallest absolute Gasteiger partial charge is 0.0254 e. The van der Waals surface area contributed by atoms with Gasteiger partial charge in [0.15, 0.2) is 0 Å². The molecule has 1 nitrogen and oxygen atoms in total. The van der Waals surface area contributed by atoms with E-state index in [0.717, 1.165) is 13.0 Å². The molecule has 1 aromatic heterocycles. The highest BCUT2D eigenvalue weighted by Gasteiger charge is 1.82. The van der Waals surface area contributed by atoms with Crippen LogP contribution in [0.5, 0.6) is 0 Å². The molecule has 0 amide bonds. The van der Waals surface area contributed by atoms with Gasteiger partial charge in [-0.1, -0.05) is 6.08 Å². The van der Waals surface area contributed by atoms with E-state index in [1.54, 1.807) is 0 Å². The standard InChI is InChI=1S/C8H11N/c1-2-3-6-9-7-4-5-8-9/h2,4-5,7-8H,1,3,6H2. The number of aryl methyl sites for hydroxylation is 1. The lowest BCUT2D eigenvalue weighted by atomic mass is 10.4. The van der Waals surface area contributed by atoms with Crippen LogP contribution >= 0.6 is 0 Å². The molecule has 0 fully saturated rings. The van der Waals surface area contributed by atoms with Crippen molar-refractivity contribution in [2.75, 3.05) is 0 Å². The molecule has 1 heteroatoms. The molecule has 0 aromatic carbocycles. The third-order valence-electron chi connectivity index (χ3n) is 1.26. The van der Waals surface area contributed by atoms with E-state index < -0.39 is 0 Å². The van der Waals surface area contributed by atoms with Gasteiger partial charge in [0.2, 0.25) is 0 Å². The van der Waals surface area contributed by atoms with Gasteiger partial charge in [-0.05, 0) is 18.6 Å². The molecule has 0 saturated heterocycles. The Morgan fingerprint density at radius 2 is 2.00 bits per heavy atom. The van der Waals surface area contributed by atoms with E-state index in [1.165, 1.54) is 0 Å². The molecule has 0 saturated carbocycles. The van der Waals surface area contributed by atoms with Crippen LogP contribution in [0.3, 0.4) is 0 Å². The molecule has 0 unspecified atom stereocenters. The van der Waals surface area contributed by atoms with Crippen LogP contribution in [0, 0.1) is 0 Å². The third-order valence-corrected chi connectivity index (χ3v) is 1.26. The summed E-state index contributed by atoms with van der Waals surface area (Å²) in [7, 11) is 0. The summed E-state index contributed by atoms with van der Waals surface area (Å²) in [5.41, 5.74) is 0. The van der Waals surface area contributed by atoms with Crippen molar-refractivity contribution >= 4 is 0 Å². The van der Waals surface area contributed by atoms with Crippen molar-refractivity contribution in [2.45, 2.75) is 13.0 Å². The summed E-state index contributed by atoms with van der Waals surface area (Å²) in [6.07, 6.45) is 7.10. The van der Waals surface area contributed by atoms with Gasteiger partial charge in [-0.25, -0.2) is 0 Å². The topological polar surface area (TPSA) is 4.93 Å². The number of allylic oxidation sites excluding steroid dienone is 1. The van der Waals surface area contributed by atoms with E-state index in [0.29, 0.717) is 0 Å². The van der Waals surface area contributed by atoms with Crippen molar-refractivity contribution in [3.63, 3.8) is 0 Å². The van der Waals surface area contributed by atoms with E-state index in [4.69, 9.17) is 0 Å². The lowest BCUT2D eigenvalue weighted by Crippen LogP contribution is -1.90. The summed E-state index contributed by atoms with van der Waals surface area (Å²) in [6.45, 7) is 4.70. The summed E-state index contributed by atoms with van der Waals surface area (Å²) in [4.78, 5) is 0. The van der Waals surface area contributed by atoms with E-state index >= 15 is 0 Å². The van der Waals surface area contributed by atoms with Gasteiger partial charge in [0, 0.05) is 18.9 Å². The van der Waals surface area contributed by atoms with Gasteiger partial charge < -0.3 is 4.57 Å². The second kappa shape index (κ2) is 3.13. The highest BCUT2D eigenvalue weighted by molar-refractivity contribution is 4.90. The molecule has 0 atom stereocenters. The number of rotatable bonds is 3. The summed E-state index contributed by atoms with van der Waals surface area (Å²) >= 11 is 0. The predicted octanol–water partition coefficient (Wildman–Crippen LogP) is 2.06. The highest BCUT2D eigenvalue weighted by Crippen LogP contribution is 1.92. The predicted molar refractivity (Wildman–Crippen MR) is 39.2 cm³/mol. The van der Waals surface area contributed by atoms with Crippen LogP contribution in [0.25, 0.3) is 0 Å². The Morgan fingerprint density at radius 3 is 2.56 bits per heavy atom. The summed E-state index contributed by atoms with van der Waals surface area (Å²) in [5, 5.41) is 0. The van der Waals surface area contributed by atoms with Gasteiger partial charge in [0.1, 0.15) is 0 Å². The zero-order valence-corrected chi connectivity index (χ0v) is 5.46. The summed E-state index contributed by atoms with van der Waals surface area (Å²) in [6, 6.07) is 4.06. The van der Waals surface area contributed by atoms with Crippen LogP contribution in [-0.2, 0) is 6.54 Å². The quantitative estimate of drug-likeness (QED) is 0.539. The number of aromatic nitrogens is 1. The Balaban J connectivity index is 2.38. The van der Waals surface area contributed by atoms with Crippen LogP contribution in [0.4, 0.5) is 0 Å². The second-order valence-electron chi connectivity index (χ2n) is 2.00. The molecule has 0 spiro atoms. The first-order valence-corrected chi connectivity index (χ1v) is 3.15. The first-order valence-electron chi connectivity index (χ1n) is 3.15. The van der Waals surface area contributed by atoms with Gasteiger partial charge >= 0.3 is 0 Å². The minimum Gasteiger partial charge on any atom is -0.354 e. The Hall–Kier alpha value is -0.980. The first kappa shape index (κ1) is 6.14. The Kier molecular flexibility index (Phi) is 2.13. The average Bonchev–Trinajstić information content (AvgIpc) is 2.34. The van der Waals surface area contributed by atoms with Crippen molar-refractivity contribution in [3.8, 4) is 0 Å². The molecular weight excluding hydrogens is 110 g/mol. The van der Waals surface area contributed by atoms with Gasteiger partial charge in [-0.15, -0.1) is 6.58 Å². The largest absolute Gasteiger partial charge is 0.354 e. The molecule has 0 radical (unpaired) electrons. The fourth-order valence-corrected chi connectivity index (χ4v) is 0.760. The minimum absolute atomic E-state index is 1.05. The fourth-order valence-electron chi connectivity index (χ4n) is 0.760. The number of hydrogen-bond acceptors (Lipinski definition) is 0. The van der Waals surface area contributed by atoms with Crippen LogP contribution < -0.4 is 0 Å². The zero-order valence-electron chi connectivity index (χ0n) is 5.46.